The van der Waals surface area contributed by atoms with Gasteiger partial charge in [-0.05, 0) is 52.0 Å². The molecule has 8 nitrogen and oxygen atoms in total. The van der Waals surface area contributed by atoms with Crippen LogP contribution in [0, 0.1) is 0 Å². The Morgan fingerprint density at radius 1 is 0.958 bits per heavy atom. The van der Waals surface area contributed by atoms with Gasteiger partial charge < -0.3 is 14.8 Å². The third-order valence-electron chi connectivity index (χ3n) is 2.67. The van der Waals surface area contributed by atoms with Gasteiger partial charge in [-0.3, -0.25) is 0 Å². The zero-order valence-electron chi connectivity index (χ0n) is 14.0. The molecular weight excluding hydrogens is 336 g/mol. The molecule has 0 atom stereocenters. The van der Waals surface area contributed by atoms with Crippen LogP contribution in [0.15, 0.2) is 29.2 Å². The number of carbonyl (C=O) groups is 2. The van der Waals surface area contributed by atoms with Gasteiger partial charge in [0.15, 0.2) is 0 Å². The second kappa shape index (κ2) is 8.11. The van der Waals surface area contributed by atoms with E-state index in [0.29, 0.717) is 5.69 Å². The third kappa shape index (κ3) is 6.17. The topological polar surface area (TPSA) is 125 Å². The highest BCUT2D eigenvalue weighted by Crippen LogP contribution is 2.15. The van der Waals surface area contributed by atoms with Crippen molar-refractivity contribution < 1.29 is 27.5 Å². The van der Waals surface area contributed by atoms with Gasteiger partial charge in [-0.2, -0.15) is 0 Å². The summed E-state index contributed by atoms with van der Waals surface area (Å²) in [4.78, 5) is 24.1. The molecule has 0 amide bonds. The number of hydrogen-bond acceptors (Lipinski definition) is 7. The predicted octanol–water partition coefficient (Wildman–Crippen LogP) is 1.02. The number of sulfonamides is 1. The average molecular weight is 358 g/mol. The summed E-state index contributed by atoms with van der Waals surface area (Å²) in [6.45, 7) is 6.63. The molecule has 0 aliphatic rings. The standard InChI is InChI=1S/C15H22N2O6S/c1-9(2)22-14(18)13(15(19)23-10(3)4)17-11-5-7-12(8-6-11)24(16,20)21/h5-10,13,17H,1-4H3,(H2,16,20,21). The molecule has 0 spiro atoms. The maximum atomic E-state index is 12.1. The Hall–Kier alpha value is -2.13. The molecule has 3 N–H and O–H groups in total. The quantitative estimate of drug-likeness (QED) is 0.550. The van der Waals surface area contributed by atoms with Crippen LogP contribution in [0.1, 0.15) is 27.7 Å². The lowest BCUT2D eigenvalue weighted by atomic mass is 10.2. The van der Waals surface area contributed by atoms with Crippen molar-refractivity contribution in [2.75, 3.05) is 5.32 Å². The molecule has 9 heteroatoms. The smallest absolute Gasteiger partial charge is 0.340 e. The van der Waals surface area contributed by atoms with Crippen molar-refractivity contribution in [3.63, 3.8) is 0 Å². The number of rotatable bonds is 7. The fourth-order valence-electron chi connectivity index (χ4n) is 1.72. The monoisotopic (exact) mass is 358 g/mol. The SMILES string of the molecule is CC(C)OC(=O)C(Nc1ccc(S(N)(=O)=O)cc1)C(=O)OC(C)C. The molecule has 0 aliphatic heterocycles. The third-order valence-corrected chi connectivity index (χ3v) is 3.60. The van der Waals surface area contributed by atoms with E-state index in [-0.39, 0.29) is 4.90 Å². The van der Waals surface area contributed by atoms with Crippen molar-refractivity contribution in [3.8, 4) is 0 Å². The highest BCUT2D eigenvalue weighted by atomic mass is 32.2. The fourth-order valence-corrected chi connectivity index (χ4v) is 2.24. The van der Waals surface area contributed by atoms with Crippen LogP contribution in [0.5, 0.6) is 0 Å². The summed E-state index contributed by atoms with van der Waals surface area (Å²) >= 11 is 0. The van der Waals surface area contributed by atoms with E-state index in [9.17, 15) is 18.0 Å². The van der Waals surface area contributed by atoms with Crippen molar-refractivity contribution in [2.45, 2.75) is 50.8 Å². The minimum absolute atomic E-state index is 0.0842. The van der Waals surface area contributed by atoms with Crippen LogP contribution < -0.4 is 10.5 Å². The number of nitrogens with two attached hydrogens (primary N) is 1. The molecule has 0 unspecified atom stereocenters. The molecule has 0 saturated carbocycles. The summed E-state index contributed by atoms with van der Waals surface area (Å²) in [6.07, 6.45) is -0.809. The van der Waals surface area contributed by atoms with E-state index < -0.39 is 40.2 Å². The van der Waals surface area contributed by atoms with Crippen LogP contribution in [0.4, 0.5) is 5.69 Å². The Kier molecular flexibility index (Phi) is 6.73. The summed E-state index contributed by atoms with van der Waals surface area (Å²) in [5.41, 5.74) is 0.341. The van der Waals surface area contributed by atoms with Gasteiger partial charge in [0.1, 0.15) is 0 Å². The molecule has 0 aromatic heterocycles. The van der Waals surface area contributed by atoms with E-state index in [1.165, 1.54) is 24.3 Å². The van der Waals surface area contributed by atoms with Crippen molar-refractivity contribution >= 4 is 27.6 Å². The van der Waals surface area contributed by atoms with Crippen LogP contribution in [0.2, 0.25) is 0 Å². The van der Waals surface area contributed by atoms with E-state index >= 15 is 0 Å². The molecule has 1 rings (SSSR count). The van der Waals surface area contributed by atoms with Crippen LogP contribution in [-0.4, -0.2) is 38.6 Å². The van der Waals surface area contributed by atoms with Crippen molar-refractivity contribution in [1.29, 1.82) is 0 Å². The summed E-state index contributed by atoms with van der Waals surface area (Å²) in [5.74, 6) is -1.57. The largest absolute Gasteiger partial charge is 0.461 e. The van der Waals surface area contributed by atoms with E-state index in [0.717, 1.165) is 0 Å². The first-order valence-electron chi connectivity index (χ1n) is 7.31. The van der Waals surface area contributed by atoms with Gasteiger partial charge >= 0.3 is 11.9 Å². The number of benzene rings is 1. The number of primary sulfonamides is 1. The summed E-state index contributed by atoms with van der Waals surface area (Å²) in [7, 11) is -3.82. The van der Waals surface area contributed by atoms with Crippen LogP contribution >= 0.6 is 0 Å². The Morgan fingerprint density at radius 3 is 1.71 bits per heavy atom. The molecule has 0 radical (unpaired) electrons. The number of ether oxygens (including phenoxy) is 2. The molecule has 0 bridgehead atoms. The normalized spacial score (nSPS) is 11.7. The summed E-state index contributed by atoms with van der Waals surface area (Å²) in [6, 6.07) is 3.93. The highest BCUT2D eigenvalue weighted by Gasteiger charge is 2.31. The van der Waals surface area contributed by atoms with E-state index in [1.54, 1.807) is 27.7 Å². The number of carbonyl (C=O) groups excluding carboxylic acids is 2. The molecular formula is C15H22N2O6S. The maximum Gasteiger partial charge on any atom is 0.340 e. The fraction of sp³-hybridized carbons (Fsp3) is 0.467. The zero-order chi connectivity index (χ0) is 18.5. The Balaban J connectivity index is 2.99. The lowest BCUT2D eigenvalue weighted by Gasteiger charge is -2.20. The van der Waals surface area contributed by atoms with Gasteiger partial charge in [0, 0.05) is 5.69 Å². The second-order valence-corrected chi connectivity index (χ2v) is 7.18. The van der Waals surface area contributed by atoms with E-state index in [4.69, 9.17) is 14.6 Å². The van der Waals surface area contributed by atoms with Gasteiger partial charge in [-0.25, -0.2) is 23.1 Å². The van der Waals surface area contributed by atoms with Gasteiger partial charge in [-0.1, -0.05) is 0 Å². The molecule has 0 fully saturated rings. The molecule has 1 aromatic rings. The van der Waals surface area contributed by atoms with Gasteiger partial charge in [0.25, 0.3) is 0 Å². The summed E-state index contributed by atoms with van der Waals surface area (Å²) in [5, 5.41) is 7.70. The second-order valence-electron chi connectivity index (χ2n) is 5.62. The minimum atomic E-state index is -3.82. The van der Waals surface area contributed by atoms with Crippen LogP contribution in [0.25, 0.3) is 0 Å². The van der Waals surface area contributed by atoms with Gasteiger partial charge in [0.05, 0.1) is 17.1 Å². The van der Waals surface area contributed by atoms with Crippen molar-refractivity contribution in [2.24, 2.45) is 5.14 Å². The van der Waals surface area contributed by atoms with E-state index in [1.807, 2.05) is 0 Å². The number of nitrogens with one attached hydrogen (secondary N) is 1. The minimum Gasteiger partial charge on any atom is -0.461 e. The first kappa shape index (κ1) is 19.9. The first-order valence-corrected chi connectivity index (χ1v) is 8.85. The van der Waals surface area contributed by atoms with E-state index in [2.05, 4.69) is 5.32 Å². The van der Waals surface area contributed by atoms with Crippen molar-refractivity contribution in [3.05, 3.63) is 24.3 Å². The molecule has 0 saturated heterocycles. The van der Waals surface area contributed by atoms with Gasteiger partial charge in [0.2, 0.25) is 16.1 Å². The van der Waals surface area contributed by atoms with Crippen molar-refractivity contribution in [1.82, 2.24) is 0 Å². The molecule has 1 aromatic carbocycles. The predicted molar refractivity (Wildman–Crippen MR) is 87.7 cm³/mol. The average Bonchev–Trinajstić information content (AvgIpc) is 2.42. The number of hydrogen-bond donors (Lipinski definition) is 2. The number of anilines is 1. The molecule has 134 valence electrons. The van der Waals surface area contributed by atoms with Crippen LogP contribution in [0.3, 0.4) is 0 Å². The van der Waals surface area contributed by atoms with Crippen LogP contribution in [-0.2, 0) is 29.1 Å². The highest BCUT2D eigenvalue weighted by molar-refractivity contribution is 7.89. The maximum absolute atomic E-state index is 12.1. The zero-order valence-corrected chi connectivity index (χ0v) is 14.8. The lowest BCUT2D eigenvalue weighted by Crippen LogP contribution is -2.42. The lowest BCUT2D eigenvalue weighted by molar-refractivity contribution is -0.160. The molecule has 0 aliphatic carbocycles. The first-order chi connectivity index (χ1) is 11.0. The summed E-state index contributed by atoms with van der Waals surface area (Å²) < 4.78 is 32.6. The van der Waals surface area contributed by atoms with Gasteiger partial charge in [-0.15, -0.1) is 0 Å². The Labute approximate surface area is 141 Å². The number of esters is 2. The molecule has 24 heavy (non-hydrogen) atoms. The molecule has 0 heterocycles. The Morgan fingerprint density at radius 2 is 1.38 bits per heavy atom. The Bertz CT molecular complexity index is 660.